The normalized spacial score (nSPS) is 21.5. The van der Waals surface area contributed by atoms with Crippen LogP contribution in [0.4, 0.5) is 10.8 Å². The zero-order chi connectivity index (χ0) is 13.6. The molecule has 0 unspecified atom stereocenters. The van der Waals surface area contributed by atoms with Crippen molar-refractivity contribution >= 4 is 22.4 Å². The fraction of sp³-hybridized carbons (Fsp3) is 0.786. The van der Waals surface area contributed by atoms with Crippen LogP contribution in [0, 0.1) is 0 Å². The Morgan fingerprint density at radius 2 is 2.00 bits per heavy atom. The molecule has 0 saturated heterocycles. The quantitative estimate of drug-likeness (QED) is 0.900. The zero-order valence-electron chi connectivity index (χ0n) is 12.1. The minimum atomic E-state index is 0.355. The Hall–Kier alpha value is -0.810. The van der Waals surface area contributed by atoms with Gasteiger partial charge in [0.15, 0.2) is 0 Å². The first-order chi connectivity index (χ1) is 9.03. The summed E-state index contributed by atoms with van der Waals surface area (Å²) in [5.41, 5.74) is 7.73. The fourth-order valence-corrected chi connectivity index (χ4v) is 4.03. The van der Waals surface area contributed by atoms with E-state index in [2.05, 4.69) is 35.3 Å². The Kier molecular flexibility index (Phi) is 3.21. The van der Waals surface area contributed by atoms with E-state index in [1.54, 1.807) is 11.5 Å². The van der Waals surface area contributed by atoms with Gasteiger partial charge in [-0.2, -0.15) is 4.37 Å². The molecule has 0 spiro atoms. The van der Waals surface area contributed by atoms with Gasteiger partial charge in [-0.15, -0.1) is 0 Å². The molecular formula is C14H24N4S. The molecule has 1 aromatic heterocycles. The van der Waals surface area contributed by atoms with Gasteiger partial charge in [0.05, 0.1) is 0 Å². The minimum absolute atomic E-state index is 0.355. The van der Waals surface area contributed by atoms with Crippen LogP contribution in [0.1, 0.15) is 43.6 Å². The van der Waals surface area contributed by atoms with E-state index in [-0.39, 0.29) is 0 Å². The van der Waals surface area contributed by atoms with E-state index >= 15 is 0 Å². The standard InChI is InChI=1S/C14H24N4S/c1-17(2)14(7-4-8-14)9-18(3)13-11(10-5-6-10)12(15)16-19-13/h10H,4-9H2,1-3H3,(H2,15,16). The van der Waals surface area contributed by atoms with Crippen LogP contribution < -0.4 is 10.6 Å². The Balaban J connectivity index is 1.78. The Morgan fingerprint density at radius 1 is 1.32 bits per heavy atom. The molecule has 2 aliphatic rings. The minimum Gasteiger partial charge on any atom is -0.383 e. The second-order valence-electron chi connectivity index (χ2n) is 6.39. The van der Waals surface area contributed by atoms with Gasteiger partial charge in [-0.25, -0.2) is 0 Å². The molecule has 3 rings (SSSR count). The van der Waals surface area contributed by atoms with Crippen LogP contribution in [-0.2, 0) is 0 Å². The third-order valence-electron chi connectivity index (χ3n) is 4.83. The van der Waals surface area contributed by atoms with Crippen LogP contribution in [0.3, 0.4) is 0 Å². The summed E-state index contributed by atoms with van der Waals surface area (Å²) >= 11 is 1.57. The SMILES string of the molecule is CN(CC1(N(C)C)CCC1)c1snc(N)c1C1CC1. The molecule has 0 aliphatic heterocycles. The number of aromatic nitrogens is 1. The summed E-state index contributed by atoms with van der Waals surface area (Å²) in [5, 5.41) is 1.30. The summed E-state index contributed by atoms with van der Waals surface area (Å²) in [6.45, 7) is 1.08. The van der Waals surface area contributed by atoms with Crippen molar-refractivity contribution in [2.45, 2.75) is 43.6 Å². The summed E-state index contributed by atoms with van der Waals surface area (Å²) in [6.07, 6.45) is 6.52. The number of likely N-dealkylation sites (N-methyl/N-ethyl adjacent to an activating group) is 2. The first kappa shape index (κ1) is 13.2. The van der Waals surface area contributed by atoms with E-state index in [0.29, 0.717) is 11.5 Å². The summed E-state index contributed by atoms with van der Waals surface area (Å²) in [6, 6.07) is 0. The molecule has 2 aliphatic carbocycles. The number of anilines is 2. The molecule has 1 heterocycles. The van der Waals surface area contributed by atoms with Crippen LogP contribution in [0.25, 0.3) is 0 Å². The maximum absolute atomic E-state index is 6.05. The largest absolute Gasteiger partial charge is 0.383 e. The van der Waals surface area contributed by atoms with Crippen molar-refractivity contribution in [3.05, 3.63) is 5.56 Å². The predicted octanol–water partition coefficient (Wildman–Crippen LogP) is 2.52. The molecule has 2 N–H and O–H groups in total. The second kappa shape index (κ2) is 4.63. The number of hydrogen-bond donors (Lipinski definition) is 1. The van der Waals surface area contributed by atoms with Crippen molar-refractivity contribution in [2.24, 2.45) is 0 Å². The van der Waals surface area contributed by atoms with Gasteiger partial charge in [-0.05, 0) is 63.6 Å². The van der Waals surface area contributed by atoms with E-state index in [9.17, 15) is 0 Å². The average Bonchev–Trinajstić information content (AvgIpc) is 3.06. The summed E-state index contributed by atoms with van der Waals surface area (Å²) in [5.74, 6) is 1.44. The van der Waals surface area contributed by atoms with Crippen LogP contribution in [0.15, 0.2) is 0 Å². The number of hydrogen-bond acceptors (Lipinski definition) is 5. The molecule has 19 heavy (non-hydrogen) atoms. The molecule has 0 atom stereocenters. The summed E-state index contributed by atoms with van der Waals surface area (Å²) < 4.78 is 4.38. The molecule has 1 aromatic rings. The molecule has 0 aromatic carbocycles. The zero-order valence-corrected chi connectivity index (χ0v) is 13.0. The molecule has 0 bridgehead atoms. The maximum atomic E-state index is 6.05. The first-order valence-corrected chi connectivity index (χ1v) is 7.94. The summed E-state index contributed by atoms with van der Waals surface area (Å²) in [7, 11) is 6.61. The van der Waals surface area contributed by atoms with Crippen LogP contribution in [-0.4, -0.2) is 42.5 Å². The topological polar surface area (TPSA) is 45.4 Å². The molecule has 2 fully saturated rings. The van der Waals surface area contributed by atoms with E-state index in [1.807, 2.05) is 0 Å². The second-order valence-corrected chi connectivity index (χ2v) is 7.14. The number of nitrogens with two attached hydrogens (primary N) is 1. The third kappa shape index (κ3) is 2.23. The Morgan fingerprint density at radius 3 is 2.47 bits per heavy atom. The highest BCUT2D eigenvalue weighted by Gasteiger charge is 2.41. The Labute approximate surface area is 119 Å². The van der Waals surface area contributed by atoms with Crippen molar-refractivity contribution < 1.29 is 0 Å². The molecule has 2 saturated carbocycles. The van der Waals surface area contributed by atoms with Crippen molar-refractivity contribution in [3.63, 3.8) is 0 Å². The van der Waals surface area contributed by atoms with Gasteiger partial charge < -0.3 is 15.5 Å². The van der Waals surface area contributed by atoms with Gasteiger partial charge in [-0.1, -0.05) is 0 Å². The van der Waals surface area contributed by atoms with Gasteiger partial charge in [0.2, 0.25) is 0 Å². The van der Waals surface area contributed by atoms with Crippen molar-refractivity contribution in [2.75, 3.05) is 38.3 Å². The van der Waals surface area contributed by atoms with Crippen molar-refractivity contribution in [1.82, 2.24) is 9.27 Å². The van der Waals surface area contributed by atoms with Crippen LogP contribution >= 0.6 is 11.5 Å². The lowest BCUT2D eigenvalue weighted by Gasteiger charge is -2.49. The summed E-state index contributed by atoms with van der Waals surface area (Å²) in [4.78, 5) is 4.79. The average molecular weight is 280 g/mol. The smallest absolute Gasteiger partial charge is 0.142 e. The fourth-order valence-electron chi connectivity index (χ4n) is 3.18. The van der Waals surface area contributed by atoms with Gasteiger partial charge in [0.1, 0.15) is 10.8 Å². The van der Waals surface area contributed by atoms with E-state index in [4.69, 9.17) is 5.73 Å². The molecular weight excluding hydrogens is 256 g/mol. The molecule has 0 amide bonds. The highest BCUT2D eigenvalue weighted by molar-refractivity contribution is 7.10. The lowest BCUT2D eigenvalue weighted by molar-refractivity contribution is 0.0684. The monoisotopic (exact) mass is 280 g/mol. The van der Waals surface area contributed by atoms with Crippen molar-refractivity contribution in [1.29, 1.82) is 0 Å². The van der Waals surface area contributed by atoms with Crippen LogP contribution in [0.2, 0.25) is 0 Å². The van der Waals surface area contributed by atoms with Gasteiger partial charge in [0, 0.05) is 24.7 Å². The van der Waals surface area contributed by atoms with Crippen molar-refractivity contribution in [3.8, 4) is 0 Å². The highest BCUT2D eigenvalue weighted by atomic mass is 32.1. The number of nitrogens with zero attached hydrogens (tertiary/aromatic N) is 3. The third-order valence-corrected chi connectivity index (χ3v) is 5.83. The molecule has 4 nitrogen and oxygen atoms in total. The van der Waals surface area contributed by atoms with E-state index < -0.39 is 0 Å². The highest BCUT2D eigenvalue weighted by Crippen LogP contribution is 2.49. The van der Waals surface area contributed by atoms with E-state index in [0.717, 1.165) is 12.4 Å². The number of rotatable bonds is 5. The number of nitrogen functional groups attached to an aromatic ring is 1. The maximum Gasteiger partial charge on any atom is 0.142 e. The van der Waals surface area contributed by atoms with Gasteiger partial charge in [0.25, 0.3) is 0 Å². The lowest BCUT2D eigenvalue weighted by atomic mass is 9.75. The van der Waals surface area contributed by atoms with E-state index in [1.165, 1.54) is 42.7 Å². The van der Waals surface area contributed by atoms with Gasteiger partial charge >= 0.3 is 0 Å². The predicted molar refractivity (Wildman–Crippen MR) is 82.0 cm³/mol. The molecule has 106 valence electrons. The lowest BCUT2D eigenvalue weighted by Crippen LogP contribution is -2.56. The molecule has 0 radical (unpaired) electrons. The molecule has 5 heteroatoms. The van der Waals surface area contributed by atoms with Crippen LogP contribution in [0.5, 0.6) is 0 Å². The van der Waals surface area contributed by atoms with Gasteiger partial charge in [-0.3, -0.25) is 0 Å². The Bertz CT molecular complexity index is 460. The first-order valence-electron chi connectivity index (χ1n) is 7.17.